The highest BCUT2D eigenvalue weighted by Gasteiger charge is 2.10. The predicted molar refractivity (Wildman–Crippen MR) is 73.3 cm³/mol. The topological polar surface area (TPSA) is 29.5 Å². The number of carbonyl (C=O) groups is 1. The van der Waals surface area contributed by atoms with Gasteiger partial charge in [0.1, 0.15) is 6.61 Å². The van der Waals surface area contributed by atoms with Crippen molar-refractivity contribution in [3.8, 4) is 0 Å². The fraction of sp³-hybridized carbons (Fsp3) is 0.533. The van der Waals surface area contributed by atoms with Crippen molar-refractivity contribution in [2.75, 3.05) is 19.6 Å². The predicted octanol–water partition coefficient (Wildman–Crippen LogP) is 2.85. The highest BCUT2D eigenvalue weighted by atomic mass is 16.5. The van der Waals surface area contributed by atoms with Gasteiger partial charge in [-0.15, -0.1) is 0 Å². The van der Waals surface area contributed by atoms with Crippen molar-refractivity contribution in [3.63, 3.8) is 0 Å². The van der Waals surface area contributed by atoms with Gasteiger partial charge < -0.3 is 4.74 Å². The number of esters is 1. The van der Waals surface area contributed by atoms with E-state index in [-0.39, 0.29) is 5.97 Å². The second-order valence-corrected chi connectivity index (χ2v) is 4.42. The number of carbonyl (C=O) groups excluding carboxylic acids is 1. The van der Waals surface area contributed by atoms with Crippen molar-refractivity contribution in [1.29, 1.82) is 0 Å². The average molecular weight is 249 g/mol. The average Bonchev–Trinajstić information content (AvgIpc) is 2.38. The fourth-order valence-corrected chi connectivity index (χ4v) is 1.87. The molecule has 1 rings (SSSR count). The Labute approximate surface area is 110 Å². The van der Waals surface area contributed by atoms with Crippen LogP contribution in [0.25, 0.3) is 0 Å². The van der Waals surface area contributed by atoms with Gasteiger partial charge >= 0.3 is 5.97 Å². The molecule has 0 amide bonds. The Balaban J connectivity index is 2.31. The van der Waals surface area contributed by atoms with Crippen LogP contribution in [-0.4, -0.2) is 30.5 Å². The van der Waals surface area contributed by atoms with Gasteiger partial charge in [-0.2, -0.15) is 0 Å². The number of nitrogens with zero attached hydrogens (tertiary/aromatic N) is 1. The summed E-state index contributed by atoms with van der Waals surface area (Å²) in [5.74, 6) is -0.138. The highest BCUT2D eigenvalue weighted by Crippen LogP contribution is 2.02. The van der Waals surface area contributed by atoms with E-state index < -0.39 is 0 Å². The van der Waals surface area contributed by atoms with Crippen LogP contribution in [0, 0.1) is 0 Å². The zero-order valence-electron chi connectivity index (χ0n) is 11.4. The summed E-state index contributed by atoms with van der Waals surface area (Å²) >= 11 is 0. The third-order valence-corrected chi connectivity index (χ3v) is 2.68. The van der Waals surface area contributed by atoms with Crippen molar-refractivity contribution in [2.45, 2.75) is 33.3 Å². The molecule has 0 radical (unpaired) electrons. The van der Waals surface area contributed by atoms with Crippen LogP contribution in [0.5, 0.6) is 0 Å². The molecule has 0 heterocycles. The van der Waals surface area contributed by atoms with Gasteiger partial charge in [-0.05, 0) is 31.5 Å². The SMILES string of the molecule is CCCN(CCC)CC(=O)OCc1ccccc1. The van der Waals surface area contributed by atoms with E-state index in [9.17, 15) is 4.79 Å². The molecule has 0 bridgehead atoms. The lowest BCUT2D eigenvalue weighted by Gasteiger charge is -2.19. The molecular formula is C15H23NO2. The van der Waals surface area contributed by atoms with Gasteiger partial charge in [-0.25, -0.2) is 0 Å². The van der Waals surface area contributed by atoms with Crippen molar-refractivity contribution in [1.82, 2.24) is 4.90 Å². The van der Waals surface area contributed by atoms with Crippen molar-refractivity contribution in [2.24, 2.45) is 0 Å². The van der Waals surface area contributed by atoms with E-state index in [4.69, 9.17) is 4.74 Å². The molecule has 0 N–H and O–H groups in total. The van der Waals surface area contributed by atoms with Gasteiger partial charge in [0.15, 0.2) is 0 Å². The summed E-state index contributed by atoms with van der Waals surface area (Å²) in [5.41, 5.74) is 1.03. The third kappa shape index (κ3) is 5.82. The minimum atomic E-state index is -0.138. The van der Waals surface area contributed by atoms with E-state index in [0.29, 0.717) is 13.2 Å². The molecule has 0 saturated carbocycles. The Bertz CT molecular complexity index is 332. The normalized spacial score (nSPS) is 10.6. The van der Waals surface area contributed by atoms with Crippen LogP contribution in [-0.2, 0) is 16.1 Å². The minimum Gasteiger partial charge on any atom is -0.460 e. The van der Waals surface area contributed by atoms with Crippen molar-refractivity contribution >= 4 is 5.97 Å². The van der Waals surface area contributed by atoms with Gasteiger partial charge in [0.25, 0.3) is 0 Å². The molecule has 1 aromatic rings. The maximum atomic E-state index is 11.7. The first-order valence-corrected chi connectivity index (χ1v) is 6.68. The second kappa shape index (κ2) is 8.70. The molecular weight excluding hydrogens is 226 g/mol. The van der Waals surface area contributed by atoms with Gasteiger partial charge in [-0.1, -0.05) is 44.2 Å². The van der Waals surface area contributed by atoms with Crippen LogP contribution in [0.1, 0.15) is 32.3 Å². The lowest BCUT2D eigenvalue weighted by atomic mass is 10.2. The van der Waals surface area contributed by atoms with Crippen LogP contribution in [0.4, 0.5) is 0 Å². The minimum absolute atomic E-state index is 0.138. The zero-order chi connectivity index (χ0) is 13.2. The summed E-state index contributed by atoms with van der Waals surface area (Å²) in [6, 6.07) is 9.77. The lowest BCUT2D eigenvalue weighted by molar-refractivity contribution is -0.146. The molecule has 0 atom stereocenters. The Morgan fingerprint density at radius 2 is 1.72 bits per heavy atom. The summed E-state index contributed by atoms with van der Waals surface area (Å²) in [4.78, 5) is 13.9. The van der Waals surface area contributed by atoms with E-state index >= 15 is 0 Å². The number of benzene rings is 1. The fourth-order valence-electron chi connectivity index (χ4n) is 1.87. The number of rotatable bonds is 8. The highest BCUT2D eigenvalue weighted by molar-refractivity contribution is 5.71. The van der Waals surface area contributed by atoms with Gasteiger partial charge in [0.05, 0.1) is 6.54 Å². The smallest absolute Gasteiger partial charge is 0.320 e. The molecule has 0 spiro atoms. The first-order chi connectivity index (χ1) is 8.76. The number of hydrogen-bond donors (Lipinski definition) is 0. The maximum absolute atomic E-state index is 11.7. The molecule has 0 aliphatic heterocycles. The van der Waals surface area contributed by atoms with Crippen LogP contribution < -0.4 is 0 Å². The van der Waals surface area contributed by atoms with E-state index in [0.717, 1.165) is 31.5 Å². The summed E-state index contributed by atoms with van der Waals surface area (Å²) in [6.45, 7) is 6.92. The Hall–Kier alpha value is -1.35. The summed E-state index contributed by atoms with van der Waals surface area (Å²) in [7, 11) is 0. The maximum Gasteiger partial charge on any atom is 0.320 e. The standard InChI is InChI=1S/C15H23NO2/c1-3-10-16(11-4-2)12-15(17)18-13-14-8-6-5-7-9-14/h5-9H,3-4,10-13H2,1-2H3. The number of ether oxygens (including phenoxy) is 1. The third-order valence-electron chi connectivity index (χ3n) is 2.68. The van der Waals surface area contributed by atoms with Gasteiger partial charge in [0.2, 0.25) is 0 Å². The Kier molecular flexibility index (Phi) is 7.11. The Morgan fingerprint density at radius 1 is 1.11 bits per heavy atom. The molecule has 1 aromatic carbocycles. The molecule has 0 saturated heterocycles. The van der Waals surface area contributed by atoms with E-state index in [1.165, 1.54) is 0 Å². The van der Waals surface area contributed by atoms with Crippen LogP contribution in [0.15, 0.2) is 30.3 Å². The monoisotopic (exact) mass is 249 g/mol. The van der Waals surface area contributed by atoms with Gasteiger partial charge in [-0.3, -0.25) is 9.69 Å². The lowest BCUT2D eigenvalue weighted by Crippen LogP contribution is -2.32. The molecule has 0 aliphatic carbocycles. The molecule has 0 fully saturated rings. The second-order valence-electron chi connectivity index (χ2n) is 4.42. The summed E-state index contributed by atoms with van der Waals surface area (Å²) in [5, 5.41) is 0. The molecule has 0 aromatic heterocycles. The van der Waals surface area contributed by atoms with E-state index in [1.54, 1.807) is 0 Å². The van der Waals surface area contributed by atoms with Crippen LogP contribution >= 0.6 is 0 Å². The molecule has 0 unspecified atom stereocenters. The molecule has 3 heteroatoms. The van der Waals surface area contributed by atoms with Crippen molar-refractivity contribution in [3.05, 3.63) is 35.9 Å². The Morgan fingerprint density at radius 3 is 2.28 bits per heavy atom. The van der Waals surface area contributed by atoms with Crippen LogP contribution in [0.3, 0.4) is 0 Å². The quantitative estimate of drug-likeness (QED) is 0.663. The van der Waals surface area contributed by atoms with Crippen molar-refractivity contribution < 1.29 is 9.53 Å². The van der Waals surface area contributed by atoms with Gasteiger partial charge in [0, 0.05) is 0 Å². The first kappa shape index (κ1) is 14.7. The largest absolute Gasteiger partial charge is 0.460 e. The number of hydrogen-bond acceptors (Lipinski definition) is 3. The van der Waals surface area contributed by atoms with Crippen LogP contribution in [0.2, 0.25) is 0 Å². The van der Waals surface area contributed by atoms with E-state index in [2.05, 4.69) is 18.7 Å². The molecule has 100 valence electrons. The van der Waals surface area contributed by atoms with E-state index in [1.807, 2.05) is 30.3 Å². The zero-order valence-corrected chi connectivity index (χ0v) is 11.4. The molecule has 18 heavy (non-hydrogen) atoms. The first-order valence-electron chi connectivity index (χ1n) is 6.68. The summed E-state index contributed by atoms with van der Waals surface area (Å²) < 4.78 is 5.27. The molecule has 0 aliphatic rings. The molecule has 3 nitrogen and oxygen atoms in total. The summed E-state index contributed by atoms with van der Waals surface area (Å²) in [6.07, 6.45) is 2.12.